The zero-order valence-electron chi connectivity index (χ0n) is 12.7. The third-order valence-electron chi connectivity index (χ3n) is 4.82. The van der Waals surface area contributed by atoms with Gasteiger partial charge in [0.05, 0.1) is 12.9 Å². The molecular weight excluding hydrogens is 276 g/mol. The van der Waals surface area contributed by atoms with Crippen LogP contribution in [0.15, 0.2) is 0 Å². The Kier molecular flexibility index (Phi) is 5.45. The minimum absolute atomic E-state index is 0.215. The largest absolute Gasteiger partial charge is 0.395 e. The highest BCUT2D eigenvalue weighted by molar-refractivity contribution is 7.88. The summed E-state index contributed by atoms with van der Waals surface area (Å²) >= 11 is 0. The van der Waals surface area contributed by atoms with Crippen LogP contribution in [0.25, 0.3) is 0 Å². The fraction of sp³-hybridized carbons (Fsp3) is 1.00. The Labute approximate surface area is 123 Å². The number of rotatable bonds is 4. The van der Waals surface area contributed by atoms with Crippen molar-refractivity contribution in [3.63, 3.8) is 0 Å². The topological polar surface area (TPSA) is 60.9 Å². The molecule has 3 unspecified atom stereocenters. The molecule has 118 valence electrons. The highest BCUT2D eigenvalue weighted by Gasteiger charge is 2.32. The van der Waals surface area contributed by atoms with Crippen molar-refractivity contribution in [3.05, 3.63) is 0 Å². The summed E-state index contributed by atoms with van der Waals surface area (Å²) in [5.74, 6) is 0.396. The van der Waals surface area contributed by atoms with E-state index in [9.17, 15) is 13.5 Å². The average Bonchev–Trinajstić information content (AvgIpc) is 2.40. The molecule has 6 heteroatoms. The van der Waals surface area contributed by atoms with Crippen molar-refractivity contribution in [3.8, 4) is 0 Å². The zero-order valence-corrected chi connectivity index (χ0v) is 13.5. The van der Waals surface area contributed by atoms with E-state index in [2.05, 4.69) is 11.8 Å². The first-order valence-electron chi connectivity index (χ1n) is 7.73. The molecule has 0 bridgehead atoms. The summed E-state index contributed by atoms with van der Waals surface area (Å²) in [4.78, 5) is 2.40. The highest BCUT2D eigenvalue weighted by atomic mass is 32.2. The van der Waals surface area contributed by atoms with E-state index in [4.69, 9.17) is 0 Å². The second kappa shape index (κ2) is 6.73. The lowest BCUT2D eigenvalue weighted by atomic mass is 9.92. The SMILES string of the molecule is CC1CCCC(CO)N1CC1CCCN(S(C)(=O)=O)C1. The summed E-state index contributed by atoms with van der Waals surface area (Å²) in [5, 5.41) is 9.54. The van der Waals surface area contributed by atoms with E-state index in [1.807, 2.05) is 0 Å². The number of aliphatic hydroxyl groups excluding tert-OH is 1. The summed E-state index contributed by atoms with van der Waals surface area (Å²) < 4.78 is 25.0. The molecule has 3 atom stereocenters. The maximum atomic E-state index is 11.7. The number of piperidine rings is 2. The number of hydrogen-bond acceptors (Lipinski definition) is 4. The molecule has 0 saturated carbocycles. The van der Waals surface area contributed by atoms with Gasteiger partial charge in [0.25, 0.3) is 0 Å². The molecule has 2 aliphatic heterocycles. The average molecular weight is 304 g/mol. The zero-order chi connectivity index (χ0) is 14.8. The standard InChI is InChI=1S/C14H28N2O3S/c1-12-5-3-7-14(11-17)16(12)10-13-6-4-8-15(9-13)20(2,18)19/h12-14,17H,3-11H2,1-2H3. The molecule has 2 rings (SSSR count). The van der Waals surface area contributed by atoms with E-state index in [1.165, 1.54) is 19.1 Å². The first kappa shape index (κ1) is 16.2. The van der Waals surface area contributed by atoms with Gasteiger partial charge in [0.2, 0.25) is 10.0 Å². The van der Waals surface area contributed by atoms with Crippen molar-refractivity contribution in [1.29, 1.82) is 0 Å². The van der Waals surface area contributed by atoms with E-state index in [1.54, 1.807) is 4.31 Å². The Morgan fingerprint density at radius 3 is 2.60 bits per heavy atom. The Bertz CT molecular complexity index is 413. The molecule has 1 N–H and O–H groups in total. The number of hydrogen-bond donors (Lipinski definition) is 1. The van der Waals surface area contributed by atoms with Crippen LogP contribution in [0.4, 0.5) is 0 Å². The quantitative estimate of drug-likeness (QED) is 0.838. The van der Waals surface area contributed by atoms with Crippen LogP contribution in [0, 0.1) is 5.92 Å². The van der Waals surface area contributed by atoms with E-state index in [0.717, 1.165) is 25.8 Å². The van der Waals surface area contributed by atoms with Crippen LogP contribution in [0.3, 0.4) is 0 Å². The minimum atomic E-state index is -3.07. The fourth-order valence-corrected chi connectivity index (χ4v) is 4.58. The molecule has 0 spiro atoms. The Morgan fingerprint density at radius 2 is 1.95 bits per heavy atom. The van der Waals surface area contributed by atoms with Gasteiger partial charge in [0.1, 0.15) is 0 Å². The molecule has 2 fully saturated rings. The van der Waals surface area contributed by atoms with Crippen LogP contribution < -0.4 is 0 Å². The number of likely N-dealkylation sites (tertiary alicyclic amines) is 1. The van der Waals surface area contributed by atoms with Gasteiger partial charge in [-0.3, -0.25) is 4.90 Å². The van der Waals surface area contributed by atoms with Gasteiger partial charge in [-0.05, 0) is 38.5 Å². The van der Waals surface area contributed by atoms with Crippen molar-refractivity contribution in [2.45, 2.75) is 51.1 Å². The molecule has 0 amide bonds. The number of sulfonamides is 1. The monoisotopic (exact) mass is 304 g/mol. The van der Waals surface area contributed by atoms with Crippen LogP contribution in [0.5, 0.6) is 0 Å². The van der Waals surface area contributed by atoms with Gasteiger partial charge >= 0.3 is 0 Å². The summed E-state index contributed by atoms with van der Waals surface area (Å²) in [6, 6.07) is 0.752. The molecule has 0 aromatic carbocycles. The van der Waals surface area contributed by atoms with Gasteiger partial charge in [0, 0.05) is 31.7 Å². The van der Waals surface area contributed by atoms with E-state index >= 15 is 0 Å². The highest BCUT2D eigenvalue weighted by Crippen LogP contribution is 2.27. The summed E-state index contributed by atoms with van der Waals surface area (Å²) in [5.41, 5.74) is 0. The minimum Gasteiger partial charge on any atom is -0.395 e. The Hall–Kier alpha value is -0.170. The van der Waals surface area contributed by atoms with Crippen LogP contribution in [-0.2, 0) is 10.0 Å². The molecule has 20 heavy (non-hydrogen) atoms. The molecule has 2 heterocycles. The molecular formula is C14H28N2O3S. The Morgan fingerprint density at radius 1 is 1.20 bits per heavy atom. The molecule has 2 saturated heterocycles. The van der Waals surface area contributed by atoms with Crippen LogP contribution in [0.2, 0.25) is 0 Å². The van der Waals surface area contributed by atoms with E-state index in [0.29, 0.717) is 25.0 Å². The van der Waals surface area contributed by atoms with Gasteiger partial charge < -0.3 is 5.11 Å². The van der Waals surface area contributed by atoms with Crippen molar-refractivity contribution >= 4 is 10.0 Å². The molecule has 0 aromatic rings. The molecule has 2 aliphatic rings. The smallest absolute Gasteiger partial charge is 0.211 e. The molecule has 0 radical (unpaired) electrons. The van der Waals surface area contributed by atoms with E-state index < -0.39 is 10.0 Å². The molecule has 0 aromatic heterocycles. The van der Waals surface area contributed by atoms with Crippen LogP contribution >= 0.6 is 0 Å². The van der Waals surface area contributed by atoms with Gasteiger partial charge in [-0.25, -0.2) is 12.7 Å². The predicted octanol–water partition coefficient (Wildman–Crippen LogP) is 0.893. The first-order chi connectivity index (χ1) is 9.41. The lowest BCUT2D eigenvalue weighted by Crippen LogP contribution is -2.51. The summed E-state index contributed by atoms with van der Waals surface area (Å²) in [7, 11) is -3.07. The summed E-state index contributed by atoms with van der Waals surface area (Å²) in [6.07, 6.45) is 6.76. The van der Waals surface area contributed by atoms with Gasteiger partial charge in [-0.2, -0.15) is 0 Å². The number of nitrogens with zero attached hydrogens (tertiary/aromatic N) is 2. The maximum absolute atomic E-state index is 11.7. The molecule has 0 aliphatic carbocycles. The van der Waals surface area contributed by atoms with Crippen molar-refractivity contribution in [1.82, 2.24) is 9.21 Å². The second-order valence-corrected chi connectivity index (χ2v) is 8.42. The summed E-state index contributed by atoms with van der Waals surface area (Å²) in [6.45, 7) is 4.65. The second-order valence-electron chi connectivity index (χ2n) is 6.44. The van der Waals surface area contributed by atoms with Crippen molar-refractivity contribution in [2.75, 3.05) is 32.5 Å². The normalized spacial score (nSPS) is 34.2. The van der Waals surface area contributed by atoms with Crippen LogP contribution in [-0.4, -0.2) is 67.3 Å². The maximum Gasteiger partial charge on any atom is 0.211 e. The van der Waals surface area contributed by atoms with Crippen molar-refractivity contribution < 1.29 is 13.5 Å². The molecule has 5 nitrogen and oxygen atoms in total. The van der Waals surface area contributed by atoms with Gasteiger partial charge in [-0.1, -0.05) is 6.42 Å². The third-order valence-corrected chi connectivity index (χ3v) is 6.09. The van der Waals surface area contributed by atoms with Gasteiger partial charge in [-0.15, -0.1) is 0 Å². The first-order valence-corrected chi connectivity index (χ1v) is 9.58. The third kappa shape index (κ3) is 3.93. The number of aliphatic hydroxyl groups is 1. The van der Waals surface area contributed by atoms with E-state index in [-0.39, 0.29) is 12.6 Å². The predicted molar refractivity (Wildman–Crippen MR) is 80.0 cm³/mol. The van der Waals surface area contributed by atoms with Crippen molar-refractivity contribution in [2.24, 2.45) is 5.92 Å². The van der Waals surface area contributed by atoms with Gasteiger partial charge in [0.15, 0.2) is 0 Å². The fourth-order valence-electron chi connectivity index (χ4n) is 3.64. The lowest BCUT2D eigenvalue weighted by Gasteiger charge is -2.43. The lowest BCUT2D eigenvalue weighted by molar-refractivity contribution is 0.0312. The van der Waals surface area contributed by atoms with Crippen LogP contribution in [0.1, 0.15) is 39.0 Å². The Balaban J connectivity index is 1.97.